The zero-order chi connectivity index (χ0) is 15.4. The molecule has 1 aromatic carbocycles. The van der Waals surface area contributed by atoms with Crippen molar-refractivity contribution in [1.29, 1.82) is 0 Å². The van der Waals surface area contributed by atoms with Crippen LogP contribution in [-0.4, -0.2) is 12.0 Å². The molecule has 0 aliphatic carbocycles. The van der Waals surface area contributed by atoms with Crippen LogP contribution in [0.5, 0.6) is 11.6 Å². The van der Waals surface area contributed by atoms with E-state index in [0.29, 0.717) is 11.8 Å². The number of rotatable bonds is 5. The molecule has 0 amide bonds. The van der Waals surface area contributed by atoms with Crippen LogP contribution in [0, 0.1) is 13.8 Å². The first-order valence-corrected chi connectivity index (χ1v) is 7.40. The van der Waals surface area contributed by atoms with Crippen molar-refractivity contribution in [2.24, 2.45) is 0 Å². The number of hydrogen-bond acceptors (Lipinski definition) is 3. The van der Waals surface area contributed by atoms with Gasteiger partial charge in [-0.05, 0) is 49.6 Å². The largest absolute Gasteiger partial charge is 0.439 e. The van der Waals surface area contributed by atoms with Crippen molar-refractivity contribution in [3.63, 3.8) is 0 Å². The van der Waals surface area contributed by atoms with E-state index in [4.69, 9.17) is 4.74 Å². The number of hydrogen-bond donors (Lipinski definition) is 1. The summed E-state index contributed by atoms with van der Waals surface area (Å²) in [5.41, 5.74) is 4.59. The van der Waals surface area contributed by atoms with Crippen LogP contribution in [0.1, 0.15) is 42.1 Å². The minimum Gasteiger partial charge on any atom is -0.439 e. The first-order valence-electron chi connectivity index (χ1n) is 7.40. The van der Waals surface area contributed by atoms with Crippen LogP contribution in [0.3, 0.4) is 0 Å². The van der Waals surface area contributed by atoms with Crippen molar-refractivity contribution in [3.8, 4) is 11.6 Å². The molecule has 1 heterocycles. The number of ether oxygens (including phenoxy) is 1. The molecule has 3 heteroatoms. The van der Waals surface area contributed by atoms with Crippen molar-refractivity contribution in [3.05, 3.63) is 52.7 Å². The number of benzene rings is 1. The van der Waals surface area contributed by atoms with E-state index in [2.05, 4.69) is 55.3 Å². The van der Waals surface area contributed by atoms with Gasteiger partial charge < -0.3 is 10.1 Å². The predicted molar refractivity (Wildman–Crippen MR) is 87.1 cm³/mol. The summed E-state index contributed by atoms with van der Waals surface area (Å²) in [6.07, 6.45) is 0. The van der Waals surface area contributed by atoms with Gasteiger partial charge in [-0.1, -0.05) is 32.0 Å². The topological polar surface area (TPSA) is 34.1 Å². The Balaban J connectivity index is 2.29. The summed E-state index contributed by atoms with van der Waals surface area (Å²) < 4.78 is 6.03. The third-order valence-corrected chi connectivity index (χ3v) is 3.54. The average molecular weight is 284 g/mol. The highest BCUT2D eigenvalue weighted by molar-refractivity contribution is 5.41. The molecule has 112 valence electrons. The average Bonchev–Trinajstić information content (AvgIpc) is 2.42. The maximum atomic E-state index is 6.03. The van der Waals surface area contributed by atoms with E-state index >= 15 is 0 Å². The van der Waals surface area contributed by atoms with Crippen LogP contribution in [-0.2, 0) is 6.54 Å². The fourth-order valence-electron chi connectivity index (χ4n) is 2.32. The Hall–Kier alpha value is -1.87. The van der Waals surface area contributed by atoms with Gasteiger partial charge in [-0.15, -0.1) is 0 Å². The highest BCUT2D eigenvalue weighted by atomic mass is 16.5. The molecule has 2 aromatic rings. The molecule has 3 nitrogen and oxygen atoms in total. The van der Waals surface area contributed by atoms with Gasteiger partial charge in [0.05, 0.1) is 0 Å². The van der Waals surface area contributed by atoms with E-state index in [1.165, 1.54) is 16.7 Å². The van der Waals surface area contributed by atoms with Crippen LogP contribution >= 0.6 is 0 Å². The Morgan fingerprint density at radius 2 is 1.90 bits per heavy atom. The first-order chi connectivity index (χ1) is 10.0. The maximum absolute atomic E-state index is 6.03. The Bertz CT molecular complexity index is 621. The smallest absolute Gasteiger partial charge is 0.219 e. The normalized spacial score (nSPS) is 11.0. The van der Waals surface area contributed by atoms with E-state index in [0.717, 1.165) is 18.0 Å². The quantitative estimate of drug-likeness (QED) is 0.887. The zero-order valence-electron chi connectivity index (χ0n) is 13.5. The molecule has 0 spiro atoms. The Labute approximate surface area is 127 Å². The molecule has 0 saturated heterocycles. The summed E-state index contributed by atoms with van der Waals surface area (Å²) in [5.74, 6) is 1.98. The van der Waals surface area contributed by atoms with Gasteiger partial charge in [-0.25, -0.2) is 4.98 Å². The minimum absolute atomic E-state index is 0.422. The summed E-state index contributed by atoms with van der Waals surface area (Å²) in [6, 6.07) is 10.3. The molecule has 21 heavy (non-hydrogen) atoms. The molecule has 1 aromatic heterocycles. The van der Waals surface area contributed by atoms with Gasteiger partial charge in [0.2, 0.25) is 5.88 Å². The molecular weight excluding hydrogens is 260 g/mol. The van der Waals surface area contributed by atoms with E-state index in [1.807, 2.05) is 20.0 Å². The molecular formula is C18H24N2O. The number of aromatic nitrogens is 1. The molecule has 0 unspecified atom stereocenters. The molecule has 0 aliphatic heterocycles. The lowest BCUT2D eigenvalue weighted by atomic mass is 10.0. The third kappa shape index (κ3) is 3.82. The van der Waals surface area contributed by atoms with Crippen molar-refractivity contribution in [1.82, 2.24) is 10.3 Å². The summed E-state index contributed by atoms with van der Waals surface area (Å²) in [4.78, 5) is 4.55. The third-order valence-electron chi connectivity index (χ3n) is 3.54. The Kier molecular flexibility index (Phi) is 4.97. The van der Waals surface area contributed by atoms with Gasteiger partial charge in [0.1, 0.15) is 5.75 Å². The summed E-state index contributed by atoms with van der Waals surface area (Å²) in [6.45, 7) is 9.25. The van der Waals surface area contributed by atoms with E-state index in [-0.39, 0.29) is 0 Å². The van der Waals surface area contributed by atoms with Crippen LogP contribution in [0.25, 0.3) is 0 Å². The van der Waals surface area contributed by atoms with Crippen LogP contribution in [0.4, 0.5) is 0 Å². The van der Waals surface area contributed by atoms with Gasteiger partial charge in [-0.3, -0.25) is 0 Å². The fourth-order valence-corrected chi connectivity index (χ4v) is 2.32. The lowest BCUT2D eigenvalue weighted by Crippen LogP contribution is -2.07. The van der Waals surface area contributed by atoms with E-state index in [1.54, 1.807) is 0 Å². The van der Waals surface area contributed by atoms with E-state index < -0.39 is 0 Å². The molecule has 0 atom stereocenters. The predicted octanol–water partition coefficient (Wildman–Crippen LogP) is 4.33. The highest BCUT2D eigenvalue weighted by Gasteiger charge is 2.10. The molecule has 0 fully saturated rings. The van der Waals surface area contributed by atoms with Crippen molar-refractivity contribution in [2.45, 2.75) is 40.2 Å². The standard InChI is InChI=1S/C18H24N2O/c1-12(2)16-8-6-13(3)10-17(16)21-18-9-7-15(11-19-5)14(4)20-18/h6-10,12,19H,11H2,1-5H3. The summed E-state index contributed by atoms with van der Waals surface area (Å²) in [5, 5.41) is 3.14. The Morgan fingerprint density at radius 1 is 1.14 bits per heavy atom. The van der Waals surface area contributed by atoms with E-state index in [9.17, 15) is 0 Å². The second kappa shape index (κ2) is 6.72. The molecule has 0 aliphatic rings. The van der Waals surface area contributed by atoms with Crippen LogP contribution in [0.2, 0.25) is 0 Å². The summed E-state index contributed by atoms with van der Waals surface area (Å²) in [7, 11) is 1.94. The van der Waals surface area contributed by atoms with Crippen molar-refractivity contribution in [2.75, 3.05) is 7.05 Å². The van der Waals surface area contributed by atoms with Crippen LogP contribution < -0.4 is 10.1 Å². The lowest BCUT2D eigenvalue weighted by Gasteiger charge is -2.15. The lowest BCUT2D eigenvalue weighted by molar-refractivity contribution is 0.452. The fraction of sp³-hybridized carbons (Fsp3) is 0.389. The minimum atomic E-state index is 0.422. The van der Waals surface area contributed by atoms with Crippen molar-refractivity contribution >= 4 is 0 Å². The SMILES string of the molecule is CNCc1ccc(Oc2cc(C)ccc2C(C)C)nc1C. The molecule has 0 saturated carbocycles. The first kappa shape index (κ1) is 15.5. The molecule has 0 radical (unpaired) electrons. The van der Waals surface area contributed by atoms with Crippen molar-refractivity contribution < 1.29 is 4.74 Å². The van der Waals surface area contributed by atoms with Gasteiger partial charge in [0.15, 0.2) is 0 Å². The number of nitrogens with zero attached hydrogens (tertiary/aromatic N) is 1. The Morgan fingerprint density at radius 3 is 2.52 bits per heavy atom. The second-order valence-corrected chi connectivity index (χ2v) is 5.72. The second-order valence-electron chi connectivity index (χ2n) is 5.72. The van der Waals surface area contributed by atoms with Gasteiger partial charge in [-0.2, -0.15) is 0 Å². The summed E-state index contributed by atoms with van der Waals surface area (Å²) >= 11 is 0. The van der Waals surface area contributed by atoms with Gasteiger partial charge in [0.25, 0.3) is 0 Å². The number of pyridine rings is 1. The molecule has 1 N–H and O–H groups in total. The maximum Gasteiger partial charge on any atom is 0.219 e. The van der Waals surface area contributed by atoms with Gasteiger partial charge in [0, 0.05) is 18.3 Å². The zero-order valence-corrected chi connectivity index (χ0v) is 13.5. The van der Waals surface area contributed by atoms with Gasteiger partial charge >= 0.3 is 0 Å². The monoisotopic (exact) mass is 284 g/mol. The molecule has 0 bridgehead atoms. The molecule has 2 rings (SSSR count). The number of nitrogens with one attached hydrogen (secondary N) is 1. The highest BCUT2D eigenvalue weighted by Crippen LogP contribution is 2.31. The number of aryl methyl sites for hydroxylation is 2. The van der Waals surface area contributed by atoms with Crippen LogP contribution in [0.15, 0.2) is 30.3 Å².